The summed E-state index contributed by atoms with van der Waals surface area (Å²) in [4.78, 5) is 22.0. The second kappa shape index (κ2) is 10.2. The summed E-state index contributed by atoms with van der Waals surface area (Å²) >= 11 is 1.39. The number of carbonyl (C=O) groups excluding carboxylic acids is 1. The molecule has 2 aromatic carbocycles. The van der Waals surface area contributed by atoms with E-state index in [-0.39, 0.29) is 17.3 Å². The van der Waals surface area contributed by atoms with E-state index in [0.29, 0.717) is 22.8 Å². The molecule has 1 amide bonds. The van der Waals surface area contributed by atoms with Crippen LogP contribution in [-0.4, -0.2) is 37.0 Å². The number of nitrogens with zero attached hydrogens (tertiary/aromatic N) is 2. The molecule has 2 aromatic rings. The van der Waals surface area contributed by atoms with Crippen molar-refractivity contribution in [1.82, 2.24) is 5.43 Å². The average Bonchev–Trinajstić information content (AvgIpc) is 2.68. The van der Waals surface area contributed by atoms with Crippen molar-refractivity contribution in [2.24, 2.45) is 5.10 Å². The lowest BCUT2D eigenvalue weighted by atomic mass is 10.2. The van der Waals surface area contributed by atoms with Crippen LogP contribution < -0.4 is 14.9 Å². The van der Waals surface area contributed by atoms with Crippen LogP contribution in [0.5, 0.6) is 11.5 Å². The third-order valence-corrected chi connectivity index (χ3v) is 4.48. The topological polar surface area (TPSA) is 103 Å². The highest BCUT2D eigenvalue weighted by Crippen LogP contribution is 2.22. The van der Waals surface area contributed by atoms with Gasteiger partial charge in [0.2, 0.25) is 5.91 Å². The van der Waals surface area contributed by atoms with Crippen molar-refractivity contribution >= 4 is 29.6 Å². The molecule has 27 heavy (non-hydrogen) atoms. The molecule has 0 heterocycles. The maximum absolute atomic E-state index is 11.9. The Morgan fingerprint density at radius 1 is 1.22 bits per heavy atom. The molecule has 142 valence electrons. The van der Waals surface area contributed by atoms with E-state index in [1.54, 1.807) is 44.6 Å². The number of hydrogen-bond acceptors (Lipinski definition) is 7. The van der Waals surface area contributed by atoms with Crippen molar-refractivity contribution in [2.75, 3.05) is 20.0 Å². The van der Waals surface area contributed by atoms with E-state index in [2.05, 4.69) is 10.5 Å². The predicted molar refractivity (Wildman–Crippen MR) is 105 cm³/mol. The smallest absolute Gasteiger partial charge is 0.269 e. The van der Waals surface area contributed by atoms with E-state index >= 15 is 0 Å². The molecule has 8 nitrogen and oxygen atoms in total. The molecular weight excluding hydrogens is 370 g/mol. The number of hydrazone groups is 1. The van der Waals surface area contributed by atoms with E-state index in [4.69, 9.17) is 9.47 Å². The fraction of sp³-hybridized carbons (Fsp3) is 0.222. The van der Waals surface area contributed by atoms with E-state index in [9.17, 15) is 14.9 Å². The van der Waals surface area contributed by atoms with Crippen LogP contribution in [0.2, 0.25) is 0 Å². The van der Waals surface area contributed by atoms with Crippen LogP contribution in [0.3, 0.4) is 0 Å². The molecule has 0 bridgehead atoms. The lowest BCUT2D eigenvalue weighted by Crippen LogP contribution is -2.19. The molecule has 0 aliphatic carbocycles. The maximum atomic E-state index is 11.9. The van der Waals surface area contributed by atoms with Crippen LogP contribution in [0.1, 0.15) is 11.1 Å². The monoisotopic (exact) mass is 389 g/mol. The van der Waals surface area contributed by atoms with Gasteiger partial charge in [0.25, 0.3) is 5.69 Å². The number of rotatable bonds is 9. The van der Waals surface area contributed by atoms with Gasteiger partial charge in [-0.2, -0.15) is 5.10 Å². The number of nitro groups is 1. The molecular formula is C18H19N3O5S. The summed E-state index contributed by atoms with van der Waals surface area (Å²) in [5.74, 6) is 1.80. The number of benzene rings is 2. The summed E-state index contributed by atoms with van der Waals surface area (Å²) in [7, 11) is 3.11. The zero-order valence-corrected chi connectivity index (χ0v) is 15.7. The van der Waals surface area contributed by atoms with Crippen molar-refractivity contribution in [3.8, 4) is 11.5 Å². The van der Waals surface area contributed by atoms with Gasteiger partial charge >= 0.3 is 0 Å². The molecule has 0 fully saturated rings. The number of nitrogens with one attached hydrogen (secondary N) is 1. The number of methoxy groups -OCH3 is 2. The molecule has 0 aliphatic heterocycles. The van der Waals surface area contributed by atoms with Crippen molar-refractivity contribution in [3.63, 3.8) is 0 Å². The Morgan fingerprint density at radius 3 is 2.59 bits per heavy atom. The van der Waals surface area contributed by atoms with Crippen molar-refractivity contribution in [2.45, 2.75) is 5.75 Å². The first-order valence-electron chi connectivity index (χ1n) is 7.88. The number of amides is 1. The Bertz CT molecular complexity index is 824. The van der Waals surface area contributed by atoms with Crippen molar-refractivity contribution in [3.05, 3.63) is 63.7 Å². The minimum atomic E-state index is -0.445. The first-order chi connectivity index (χ1) is 13.0. The molecule has 1 N–H and O–H groups in total. The predicted octanol–water partition coefficient (Wildman–Crippen LogP) is 3.00. The van der Waals surface area contributed by atoms with Gasteiger partial charge in [0, 0.05) is 23.4 Å². The van der Waals surface area contributed by atoms with Gasteiger partial charge in [-0.05, 0) is 23.8 Å². The molecule has 0 spiro atoms. The summed E-state index contributed by atoms with van der Waals surface area (Å²) in [6.45, 7) is 0. The number of thioether (sulfide) groups is 1. The van der Waals surface area contributed by atoms with Crippen LogP contribution >= 0.6 is 11.8 Å². The largest absolute Gasteiger partial charge is 0.497 e. The van der Waals surface area contributed by atoms with Gasteiger partial charge in [-0.3, -0.25) is 14.9 Å². The lowest BCUT2D eigenvalue weighted by Gasteiger charge is -2.06. The fourth-order valence-electron chi connectivity index (χ4n) is 2.12. The zero-order chi connectivity index (χ0) is 19.6. The second-order valence-electron chi connectivity index (χ2n) is 5.32. The average molecular weight is 389 g/mol. The first kappa shape index (κ1) is 20.2. The highest BCUT2D eigenvalue weighted by Gasteiger charge is 2.06. The Hall–Kier alpha value is -3.07. The van der Waals surface area contributed by atoms with E-state index < -0.39 is 4.92 Å². The fourth-order valence-corrected chi connectivity index (χ4v) is 2.90. The number of hydrogen-bond donors (Lipinski definition) is 1. The van der Waals surface area contributed by atoms with E-state index in [1.807, 2.05) is 0 Å². The highest BCUT2D eigenvalue weighted by molar-refractivity contribution is 7.99. The highest BCUT2D eigenvalue weighted by atomic mass is 32.2. The van der Waals surface area contributed by atoms with Crippen LogP contribution in [0.4, 0.5) is 5.69 Å². The maximum Gasteiger partial charge on any atom is 0.269 e. The Kier molecular flexibility index (Phi) is 7.63. The first-order valence-corrected chi connectivity index (χ1v) is 9.04. The molecule has 2 rings (SSSR count). The normalized spacial score (nSPS) is 10.6. The van der Waals surface area contributed by atoms with Gasteiger partial charge in [0.1, 0.15) is 11.5 Å². The molecule has 0 aliphatic rings. The zero-order valence-electron chi connectivity index (χ0n) is 14.9. The van der Waals surface area contributed by atoms with Crippen molar-refractivity contribution < 1.29 is 19.2 Å². The Balaban J connectivity index is 1.80. The molecule has 0 saturated carbocycles. The van der Waals surface area contributed by atoms with Crippen LogP contribution in [0, 0.1) is 10.1 Å². The van der Waals surface area contributed by atoms with Gasteiger partial charge < -0.3 is 9.47 Å². The lowest BCUT2D eigenvalue weighted by molar-refractivity contribution is -0.384. The summed E-state index contributed by atoms with van der Waals surface area (Å²) in [6.07, 6.45) is 1.49. The minimum Gasteiger partial charge on any atom is -0.497 e. The molecule has 0 atom stereocenters. The third-order valence-electron chi connectivity index (χ3n) is 3.48. The molecule has 9 heteroatoms. The molecule has 0 unspecified atom stereocenters. The van der Waals surface area contributed by atoms with Gasteiger partial charge in [-0.15, -0.1) is 11.8 Å². The summed E-state index contributed by atoms with van der Waals surface area (Å²) in [6, 6.07) is 11.5. The molecule has 0 saturated heterocycles. The van der Waals surface area contributed by atoms with Crippen molar-refractivity contribution in [1.29, 1.82) is 0 Å². The van der Waals surface area contributed by atoms with Gasteiger partial charge in [0.05, 0.1) is 31.1 Å². The van der Waals surface area contributed by atoms with Gasteiger partial charge in [-0.1, -0.05) is 12.1 Å². The Morgan fingerprint density at radius 2 is 1.96 bits per heavy atom. The third kappa shape index (κ3) is 6.30. The second-order valence-corrected chi connectivity index (χ2v) is 6.30. The number of non-ortho nitro benzene ring substituents is 1. The minimum absolute atomic E-state index is 0.0452. The van der Waals surface area contributed by atoms with E-state index in [1.165, 1.54) is 30.1 Å². The van der Waals surface area contributed by atoms with Crippen LogP contribution in [0.25, 0.3) is 0 Å². The van der Waals surface area contributed by atoms with E-state index in [0.717, 1.165) is 5.56 Å². The standard InChI is InChI=1S/C18H19N3O5S/c1-25-16-7-8-17(26-2)14(9-16)10-19-20-18(22)12-27-11-13-3-5-15(6-4-13)21(23)24/h3-10H,11-12H2,1-2H3,(H,20,22). The van der Waals surface area contributed by atoms with Gasteiger partial charge in [-0.25, -0.2) is 5.43 Å². The van der Waals surface area contributed by atoms with Crippen LogP contribution in [-0.2, 0) is 10.5 Å². The number of ether oxygens (including phenoxy) is 2. The van der Waals surface area contributed by atoms with Gasteiger partial charge in [0.15, 0.2) is 0 Å². The van der Waals surface area contributed by atoms with Crippen LogP contribution in [0.15, 0.2) is 47.6 Å². The Labute approximate surface area is 160 Å². The number of nitro benzene ring substituents is 1. The summed E-state index contributed by atoms with van der Waals surface area (Å²) in [5.41, 5.74) is 4.08. The quantitative estimate of drug-likeness (QED) is 0.402. The molecule has 0 aromatic heterocycles. The molecule has 0 radical (unpaired) electrons. The number of carbonyl (C=O) groups is 1. The summed E-state index contributed by atoms with van der Waals surface area (Å²) in [5, 5.41) is 14.5. The SMILES string of the molecule is COc1ccc(OC)c(C=NNC(=O)CSCc2ccc([N+](=O)[O-])cc2)c1. The summed E-state index contributed by atoms with van der Waals surface area (Å²) < 4.78 is 10.4.